The first-order chi connectivity index (χ1) is 9.13. The number of hydrogen-bond acceptors (Lipinski definition) is 2. The fraction of sp³-hybridized carbons (Fsp3) is 0.600. The molecule has 0 aliphatic heterocycles. The van der Waals surface area contributed by atoms with Crippen LogP contribution in [0.5, 0.6) is 0 Å². The van der Waals surface area contributed by atoms with Gasteiger partial charge in [0.25, 0.3) is 0 Å². The minimum atomic E-state index is -0.215. The van der Waals surface area contributed by atoms with E-state index in [1.807, 2.05) is 6.07 Å². The van der Waals surface area contributed by atoms with Gasteiger partial charge in [-0.25, -0.2) is 4.39 Å². The molecule has 0 spiro atoms. The van der Waals surface area contributed by atoms with E-state index in [9.17, 15) is 4.39 Å². The average Bonchev–Trinajstić information content (AvgIpc) is 2.44. The zero-order valence-electron chi connectivity index (χ0n) is 11.4. The van der Waals surface area contributed by atoms with Crippen LogP contribution in [0.1, 0.15) is 43.7 Å². The number of likely N-dealkylation sites (N-methyl/N-ethyl adjacent to an activating group) is 1. The average molecular weight is 329 g/mol. The summed E-state index contributed by atoms with van der Waals surface area (Å²) in [5, 5.41) is 0. The highest BCUT2D eigenvalue weighted by Crippen LogP contribution is 2.29. The second kappa shape index (κ2) is 6.82. The van der Waals surface area contributed by atoms with E-state index in [0.717, 1.165) is 5.56 Å². The van der Waals surface area contributed by atoms with Gasteiger partial charge in [-0.2, -0.15) is 0 Å². The predicted molar refractivity (Wildman–Crippen MR) is 80.5 cm³/mol. The lowest BCUT2D eigenvalue weighted by Gasteiger charge is -2.37. The van der Waals surface area contributed by atoms with Gasteiger partial charge in [-0.1, -0.05) is 25.3 Å². The Morgan fingerprint density at radius 3 is 2.63 bits per heavy atom. The molecular weight excluding hydrogens is 307 g/mol. The van der Waals surface area contributed by atoms with Gasteiger partial charge in [-0.3, -0.25) is 4.90 Å². The number of nitrogens with two attached hydrogens (primary N) is 1. The molecule has 0 heterocycles. The van der Waals surface area contributed by atoms with Gasteiger partial charge in [0.15, 0.2) is 0 Å². The molecule has 0 amide bonds. The van der Waals surface area contributed by atoms with Gasteiger partial charge >= 0.3 is 0 Å². The summed E-state index contributed by atoms with van der Waals surface area (Å²) < 4.78 is 14.2. The lowest BCUT2D eigenvalue weighted by Crippen LogP contribution is -2.39. The summed E-state index contributed by atoms with van der Waals surface area (Å²) in [7, 11) is 2.12. The molecule has 1 aliphatic carbocycles. The van der Waals surface area contributed by atoms with E-state index in [-0.39, 0.29) is 11.9 Å². The molecule has 1 atom stereocenters. The topological polar surface area (TPSA) is 29.3 Å². The maximum Gasteiger partial charge on any atom is 0.137 e. The Morgan fingerprint density at radius 1 is 1.37 bits per heavy atom. The fourth-order valence-corrected chi connectivity index (χ4v) is 3.25. The molecule has 1 fully saturated rings. The van der Waals surface area contributed by atoms with Crippen molar-refractivity contribution in [3.05, 3.63) is 34.1 Å². The molecule has 106 valence electrons. The third kappa shape index (κ3) is 3.56. The molecule has 19 heavy (non-hydrogen) atoms. The van der Waals surface area contributed by atoms with Crippen molar-refractivity contribution in [2.75, 3.05) is 13.6 Å². The highest BCUT2D eigenvalue weighted by Gasteiger charge is 2.25. The highest BCUT2D eigenvalue weighted by molar-refractivity contribution is 9.10. The number of hydrogen-bond donors (Lipinski definition) is 1. The largest absolute Gasteiger partial charge is 0.329 e. The van der Waals surface area contributed by atoms with E-state index in [1.165, 1.54) is 32.1 Å². The smallest absolute Gasteiger partial charge is 0.137 e. The fourth-order valence-electron chi connectivity index (χ4n) is 3.00. The molecule has 1 aliphatic rings. The molecule has 0 radical (unpaired) electrons. The summed E-state index contributed by atoms with van der Waals surface area (Å²) >= 11 is 3.19. The van der Waals surface area contributed by atoms with Crippen LogP contribution in [0.4, 0.5) is 4.39 Å². The summed E-state index contributed by atoms with van der Waals surface area (Å²) in [6.45, 7) is 0.522. The van der Waals surface area contributed by atoms with E-state index < -0.39 is 0 Å². The number of rotatable bonds is 4. The van der Waals surface area contributed by atoms with Crippen molar-refractivity contribution in [1.29, 1.82) is 0 Å². The van der Waals surface area contributed by atoms with Crippen molar-refractivity contribution in [2.45, 2.75) is 44.2 Å². The Balaban J connectivity index is 2.15. The van der Waals surface area contributed by atoms with Crippen molar-refractivity contribution < 1.29 is 4.39 Å². The van der Waals surface area contributed by atoms with Gasteiger partial charge in [0, 0.05) is 18.6 Å². The van der Waals surface area contributed by atoms with E-state index in [1.54, 1.807) is 12.1 Å². The Morgan fingerprint density at radius 2 is 2.05 bits per heavy atom. The minimum absolute atomic E-state index is 0.102. The number of nitrogens with zero attached hydrogens (tertiary/aromatic N) is 1. The quantitative estimate of drug-likeness (QED) is 0.909. The maximum absolute atomic E-state index is 13.7. The molecule has 0 aromatic heterocycles. The summed E-state index contributed by atoms with van der Waals surface area (Å²) in [5.74, 6) is -0.215. The number of halogens is 2. The van der Waals surface area contributed by atoms with Crippen LogP contribution in [0.2, 0.25) is 0 Å². The molecular formula is C15H22BrFN2. The van der Waals surface area contributed by atoms with Crippen LogP contribution in [-0.4, -0.2) is 24.5 Å². The van der Waals surface area contributed by atoms with E-state index in [4.69, 9.17) is 5.73 Å². The summed E-state index contributed by atoms with van der Waals surface area (Å²) in [4.78, 5) is 2.34. The SMILES string of the molecule is CN(C1CCCCC1)C(CN)c1ccc(Br)c(F)c1. The summed E-state index contributed by atoms with van der Waals surface area (Å²) in [6.07, 6.45) is 6.38. The summed E-state index contributed by atoms with van der Waals surface area (Å²) in [6, 6.07) is 6.01. The lowest BCUT2D eigenvalue weighted by molar-refractivity contribution is 0.140. The standard InChI is InChI=1S/C15H22BrFN2/c1-19(12-5-3-2-4-6-12)15(10-18)11-7-8-13(16)14(17)9-11/h7-9,12,15H,2-6,10,18H2,1H3. The first-order valence-corrected chi connectivity index (χ1v) is 7.79. The highest BCUT2D eigenvalue weighted by atomic mass is 79.9. The van der Waals surface area contributed by atoms with Crippen LogP contribution < -0.4 is 5.73 Å². The van der Waals surface area contributed by atoms with E-state index >= 15 is 0 Å². The lowest BCUT2D eigenvalue weighted by atomic mass is 9.92. The van der Waals surface area contributed by atoms with Crippen LogP contribution >= 0.6 is 15.9 Å². The molecule has 2 nitrogen and oxygen atoms in total. The molecule has 1 saturated carbocycles. The molecule has 2 rings (SSSR count). The Hall–Kier alpha value is -0.450. The van der Waals surface area contributed by atoms with Crippen LogP contribution in [0.3, 0.4) is 0 Å². The van der Waals surface area contributed by atoms with Gasteiger partial charge < -0.3 is 5.73 Å². The van der Waals surface area contributed by atoms with Crippen LogP contribution in [0.25, 0.3) is 0 Å². The Bertz CT molecular complexity index is 419. The Kier molecular flexibility index (Phi) is 5.37. The normalized spacial score (nSPS) is 18.8. The molecule has 1 aromatic rings. The second-order valence-corrected chi connectivity index (χ2v) is 6.24. The summed E-state index contributed by atoms with van der Waals surface area (Å²) in [5.41, 5.74) is 6.89. The van der Waals surface area contributed by atoms with Crippen molar-refractivity contribution in [3.8, 4) is 0 Å². The van der Waals surface area contributed by atoms with Crippen LogP contribution in [0.15, 0.2) is 22.7 Å². The first-order valence-electron chi connectivity index (χ1n) is 7.00. The molecule has 0 saturated heterocycles. The van der Waals surface area contributed by atoms with Gasteiger partial charge in [0.05, 0.1) is 4.47 Å². The molecule has 4 heteroatoms. The minimum Gasteiger partial charge on any atom is -0.329 e. The molecule has 1 unspecified atom stereocenters. The van der Waals surface area contributed by atoms with Gasteiger partial charge in [0.2, 0.25) is 0 Å². The zero-order valence-corrected chi connectivity index (χ0v) is 13.0. The van der Waals surface area contributed by atoms with E-state index in [2.05, 4.69) is 27.9 Å². The molecule has 1 aromatic carbocycles. The second-order valence-electron chi connectivity index (χ2n) is 5.38. The third-order valence-electron chi connectivity index (χ3n) is 4.19. The van der Waals surface area contributed by atoms with Gasteiger partial charge in [-0.05, 0) is 53.5 Å². The van der Waals surface area contributed by atoms with E-state index in [0.29, 0.717) is 17.1 Å². The molecule has 0 bridgehead atoms. The Labute approximate surface area is 123 Å². The monoisotopic (exact) mass is 328 g/mol. The van der Waals surface area contributed by atoms with Crippen molar-refractivity contribution in [2.24, 2.45) is 5.73 Å². The van der Waals surface area contributed by atoms with Gasteiger partial charge in [0.1, 0.15) is 5.82 Å². The zero-order chi connectivity index (χ0) is 13.8. The van der Waals surface area contributed by atoms with Crippen LogP contribution in [0, 0.1) is 5.82 Å². The predicted octanol–water partition coefficient (Wildman–Crippen LogP) is 3.85. The van der Waals surface area contributed by atoms with Crippen molar-refractivity contribution in [3.63, 3.8) is 0 Å². The van der Waals surface area contributed by atoms with Crippen molar-refractivity contribution in [1.82, 2.24) is 4.90 Å². The first kappa shape index (κ1) is 14.9. The maximum atomic E-state index is 13.7. The number of benzene rings is 1. The molecule has 2 N–H and O–H groups in total. The third-order valence-corrected chi connectivity index (χ3v) is 4.84. The van der Waals surface area contributed by atoms with Crippen LogP contribution in [-0.2, 0) is 0 Å². The van der Waals surface area contributed by atoms with Gasteiger partial charge in [-0.15, -0.1) is 0 Å². The van der Waals surface area contributed by atoms with Crippen molar-refractivity contribution >= 4 is 15.9 Å².